The second-order valence-corrected chi connectivity index (χ2v) is 6.72. The van der Waals surface area contributed by atoms with Gasteiger partial charge in [-0.15, -0.1) is 0 Å². The van der Waals surface area contributed by atoms with Gasteiger partial charge in [0.15, 0.2) is 0 Å². The van der Waals surface area contributed by atoms with Crippen molar-refractivity contribution < 1.29 is 27.8 Å². The molecule has 1 aromatic heterocycles. The molecule has 1 aromatic carbocycles. The summed E-state index contributed by atoms with van der Waals surface area (Å²) in [6.07, 6.45) is -5.11. The van der Waals surface area contributed by atoms with Crippen LogP contribution in [-0.2, 0) is 11.2 Å². The lowest BCUT2D eigenvalue weighted by molar-refractivity contribution is -0.263. The molecule has 0 fully saturated rings. The molecule has 9 heteroatoms. The average Bonchev–Trinajstić information content (AvgIpc) is 2.53. The van der Waals surface area contributed by atoms with E-state index in [2.05, 4.69) is 4.98 Å². The van der Waals surface area contributed by atoms with Gasteiger partial charge in [0, 0.05) is 17.7 Å². The van der Waals surface area contributed by atoms with Crippen LogP contribution in [0.4, 0.5) is 17.6 Å². The van der Waals surface area contributed by atoms with Crippen LogP contribution in [0.15, 0.2) is 30.3 Å². The number of nitrogens with zero attached hydrogens (tertiary/aromatic N) is 1. The van der Waals surface area contributed by atoms with Crippen LogP contribution in [0.2, 0.25) is 5.02 Å². The monoisotopic (exact) mass is 392 g/mol. The van der Waals surface area contributed by atoms with Gasteiger partial charge in [0.1, 0.15) is 5.82 Å². The Morgan fingerprint density at radius 2 is 1.65 bits per heavy atom. The smallest absolute Gasteiger partial charge is 0.386 e. The molecule has 2 aromatic rings. The quantitative estimate of drug-likeness (QED) is 0.696. The molecule has 0 spiro atoms. The van der Waals surface area contributed by atoms with E-state index in [1.807, 2.05) is 0 Å². The lowest BCUT2D eigenvalue weighted by atomic mass is 9.90. The number of rotatable bonds is 4. The number of benzene rings is 1. The summed E-state index contributed by atoms with van der Waals surface area (Å²) in [5.41, 5.74) is -0.720. The molecular formula is C17H17ClF4N2O2. The predicted molar refractivity (Wildman–Crippen MR) is 88.9 cm³/mol. The average molecular weight is 393 g/mol. The van der Waals surface area contributed by atoms with Crippen molar-refractivity contribution in [2.24, 2.45) is 5.73 Å². The Morgan fingerprint density at radius 3 is 2.08 bits per heavy atom. The molecular weight excluding hydrogens is 376 g/mol. The Morgan fingerprint density at radius 1 is 1.12 bits per heavy atom. The van der Waals surface area contributed by atoms with Crippen molar-refractivity contribution in [3.8, 4) is 11.3 Å². The summed E-state index contributed by atoms with van der Waals surface area (Å²) in [5, 5.41) is 20.3. The van der Waals surface area contributed by atoms with Gasteiger partial charge >= 0.3 is 6.18 Å². The molecule has 2 rings (SSSR count). The fourth-order valence-corrected chi connectivity index (χ4v) is 2.79. The lowest BCUT2D eigenvalue weighted by Crippen LogP contribution is -2.49. The van der Waals surface area contributed by atoms with E-state index in [1.165, 1.54) is 26.0 Å². The molecule has 0 aliphatic heterocycles. The minimum atomic E-state index is -5.11. The minimum Gasteiger partial charge on any atom is -0.386 e. The third kappa shape index (κ3) is 3.68. The highest BCUT2D eigenvalue weighted by Gasteiger charge is 2.55. The zero-order valence-electron chi connectivity index (χ0n) is 13.9. The van der Waals surface area contributed by atoms with Crippen LogP contribution in [0.3, 0.4) is 0 Å². The minimum absolute atomic E-state index is 0.0837. The number of alkyl halides is 3. The van der Waals surface area contributed by atoms with E-state index >= 15 is 0 Å². The summed E-state index contributed by atoms with van der Waals surface area (Å²) in [7, 11) is 0. The van der Waals surface area contributed by atoms with Crippen LogP contribution < -0.4 is 5.73 Å². The van der Waals surface area contributed by atoms with Gasteiger partial charge in [0.05, 0.1) is 22.0 Å². The summed E-state index contributed by atoms with van der Waals surface area (Å²) >= 11 is 6.24. The van der Waals surface area contributed by atoms with Gasteiger partial charge in [-0.2, -0.15) is 13.2 Å². The van der Waals surface area contributed by atoms with Gasteiger partial charge in [0.25, 0.3) is 0 Å². The molecule has 1 atom stereocenters. The molecule has 4 nitrogen and oxygen atoms in total. The first kappa shape index (κ1) is 20.6. The van der Waals surface area contributed by atoms with E-state index in [9.17, 15) is 27.8 Å². The third-order valence-corrected chi connectivity index (χ3v) is 4.31. The number of halogens is 5. The Labute approximate surface area is 152 Å². The number of pyridine rings is 1. The van der Waals surface area contributed by atoms with Gasteiger partial charge in [-0.25, -0.2) is 9.37 Å². The summed E-state index contributed by atoms with van der Waals surface area (Å²) in [6, 6.07) is 5.59. The second-order valence-electron chi connectivity index (χ2n) is 6.35. The van der Waals surface area contributed by atoms with Gasteiger partial charge in [-0.1, -0.05) is 11.6 Å². The number of aromatic nitrogens is 1. The number of aliphatic hydroxyl groups is 2. The maximum Gasteiger partial charge on any atom is 0.424 e. The Hall–Kier alpha value is -1.74. The molecule has 142 valence electrons. The molecule has 0 amide bonds. The summed E-state index contributed by atoms with van der Waals surface area (Å²) in [5.74, 6) is -0.558. The van der Waals surface area contributed by atoms with E-state index < -0.39 is 35.4 Å². The standard InChI is InChI=1S/C17H17ClF4N2O2/c1-15(2,25)11-7-12(16(26,8-23)17(20,21)22)24-14(13(11)18)9-3-5-10(19)6-4-9/h3-7,25-26H,8,23H2,1-2H3. The van der Waals surface area contributed by atoms with Crippen molar-refractivity contribution in [1.82, 2.24) is 4.98 Å². The van der Waals surface area contributed by atoms with Crippen molar-refractivity contribution in [3.05, 3.63) is 52.4 Å². The van der Waals surface area contributed by atoms with Crippen molar-refractivity contribution in [2.75, 3.05) is 6.54 Å². The molecule has 0 aliphatic rings. The van der Waals surface area contributed by atoms with Crippen LogP contribution >= 0.6 is 11.6 Å². The molecule has 26 heavy (non-hydrogen) atoms. The largest absolute Gasteiger partial charge is 0.424 e. The highest BCUT2D eigenvalue weighted by Crippen LogP contribution is 2.42. The molecule has 0 radical (unpaired) electrons. The topological polar surface area (TPSA) is 79.4 Å². The molecule has 1 heterocycles. The summed E-state index contributed by atoms with van der Waals surface area (Å²) < 4.78 is 53.3. The normalized spacial score (nSPS) is 15.0. The number of hydrogen-bond donors (Lipinski definition) is 3. The molecule has 1 unspecified atom stereocenters. The first-order valence-electron chi connectivity index (χ1n) is 7.50. The van der Waals surface area contributed by atoms with Crippen LogP contribution in [0.1, 0.15) is 25.1 Å². The summed E-state index contributed by atoms with van der Waals surface area (Å²) in [6.45, 7) is 1.46. The highest BCUT2D eigenvalue weighted by molar-refractivity contribution is 6.34. The molecule has 0 saturated heterocycles. The van der Waals surface area contributed by atoms with Gasteiger partial charge in [0.2, 0.25) is 5.60 Å². The Kier molecular flexibility index (Phi) is 5.36. The zero-order chi connectivity index (χ0) is 19.9. The molecule has 0 aliphatic carbocycles. The van der Waals surface area contributed by atoms with Crippen molar-refractivity contribution in [1.29, 1.82) is 0 Å². The van der Waals surface area contributed by atoms with Crippen LogP contribution in [0.5, 0.6) is 0 Å². The van der Waals surface area contributed by atoms with E-state index in [-0.39, 0.29) is 21.8 Å². The Balaban J connectivity index is 2.83. The van der Waals surface area contributed by atoms with E-state index in [0.717, 1.165) is 18.2 Å². The van der Waals surface area contributed by atoms with E-state index in [4.69, 9.17) is 17.3 Å². The third-order valence-electron chi connectivity index (χ3n) is 3.92. The molecule has 0 bridgehead atoms. The first-order chi connectivity index (χ1) is 11.8. The first-order valence-corrected chi connectivity index (χ1v) is 7.88. The van der Waals surface area contributed by atoms with Crippen LogP contribution in [0.25, 0.3) is 11.3 Å². The van der Waals surface area contributed by atoms with Crippen molar-refractivity contribution >= 4 is 11.6 Å². The second kappa shape index (κ2) is 6.77. The number of nitrogens with two attached hydrogens (primary N) is 1. The number of hydrogen-bond acceptors (Lipinski definition) is 4. The maximum absolute atomic E-state index is 13.4. The van der Waals surface area contributed by atoms with Crippen LogP contribution in [0, 0.1) is 5.82 Å². The van der Waals surface area contributed by atoms with Crippen molar-refractivity contribution in [3.63, 3.8) is 0 Å². The van der Waals surface area contributed by atoms with Crippen LogP contribution in [-0.4, -0.2) is 27.9 Å². The van der Waals surface area contributed by atoms with E-state index in [0.29, 0.717) is 0 Å². The molecule has 4 N–H and O–H groups in total. The SMILES string of the molecule is CC(C)(O)c1cc(C(O)(CN)C(F)(F)F)nc(-c2ccc(F)cc2)c1Cl. The van der Waals surface area contributed by atoms with Gasteiger partial charge in [-0.05, 0) is 44.2 Å². The fourth-order valence-electron chi connectivity index (χ4n) is 2.35. The lowest BCUT2D eigenvalue weighted by Gasteiger charge is -2.31. The molecule has 0 saturated carbocycles. The summed E-state index contributed by atoms with van der Waals surface area (Å²) in [4.78, 5) is 3.84. The highest BCUT2D eigenvalue weighted by atomic mass is 35.5. The van der Waals surface area contributed by atoms with E-state index in [1.54, 1.807) is 0 Å². The fraction of sp³-hybridized carbons (Fsp3) is 0.353. The predicted octanol–water partition coefficient (Wildman–Crippen LogP) is 3.48. The Bertz CT molecular complexity index is 804. The van der Waals surface area contributed by atoms with Crippen molar-refractivity contribution in [2.45, 2.75) is 31.2 Å². The van der Waals surface area contributed by atoms with Gasteiger partial charge in [-0.3, -0.25) is 0 Å². The maximum atomic E-state index is 13.4. The zero-order valence-corrected chi connectivity index (χ0v) is 14.7. The van der Waals surface area contributed by atoms with Gasteiger partial charge < -0.3 is 15.9 Å².